The summed E-state index contributed by atoms with van der Waals surface area (Å²) < 4.78 is 5.33. The van der Waals surface area contributed by atoms with Crippen molar-refractivity contribution >= 4 is 11.8 Å². The van der Waals surface area contributed by atoms with E-state index in [1.165, 1.54) is 6.42 Å². The van der Waals surface area contributed by atoms with Gasteiger partial charge in [0, 0.05) is 13.2 Å². The van der Waals surface area contributed by atoms with Crippen molar-refractivity contribution < 1.29 is 14.3 Å². The molecule has 0 radical (unpaired) electrons. The number of likely N-dealkylation sites (N-methyl/N-ethyl adjacent to an activating group) is 1. The van der Waals surface area contributed by atoms with Gasteiger partial charge in [-0.25, -0.2) is 0 Å². The van der Waals surface area contributed by atoms with Gasteiger partial charge in [-0.1, -0.05) is 26.2 Å². The average molecular weight is 339 g/mol. The standard InChI is InChI=1S/C18H33N3O3/c1-3-10-21(2)12-16(22)19-14-18(8-5-4-6-9-18)20-17(23)15-7-11-24-13-15/h15H,3-14H2,1-2H3,(H,19,22)(H,20,23). The molecule has 2 aliphatic rings. The highest BCUT2D eigenvalue weighted by Gasteiger charge is 2.36. The Bertz CT molecular complexity index is 416. The van der Waals surface area contributed by atoms with Crippen LogP contribution in [0.3, 0.4) is 0 Å². The zero-order valence-electron chi connectivity index (χ0n) is 15.2. The number of nitrogens with zero attached hydrogens (tertiary/aromatic N) is 1. The topological polar surface area (TPSA) is 70.7 Å². The molecule has 2 N–H and O–H groups in total. The summed E-state index contributed by atoms with van der Waals surface area (Å²) in [6, 6.07) is 0. The van der Waals surface area contributed by atoms with Gasteiger partial charge >= 0.3 is 0 Å². The Labute approximate surface area is 145 Å². The molecule has 2 fully saturated rings. The lowest BCUT2D eigenvalue weighted by atomic mass is 9.81. The van der Waals surface area contributed by atoms with Crippen molar-refractivity contribution in [2.24, 2.45) is 5.92 Å². The van der Waals surface area contributed by atoms with Crippen LogP contribution in [0.2, 0.25) is 0 Å². The van der Waals surface area contributed by atoms with Gasteiger partial charge in [0.1, 0.15) is 0 Å². The van der Waals surface area contributed by atoms with E-state index in [0.717, 1.165) is 45.1 Å². The molecule has 1 unspecified atom stereocenters. The lowest BCUT2D eigenvalue weighted by molar-refractivity contribution is -0.128. The van der Waals surface area contributed by atoms with Crippen LogP contribution in [0.25, 0.3) is 0 Å². The molecule has 6 nitrogen and oxygen atoms in total. The second-order valence-electron chi connectivity index (χ2n) is 7.41. The fraction of sp³-hybridized carbons (Fsp3) is 0.889. The van der Waals surface area contributed by atoms with Crippen LogP contribution < -0.4 is 10.6 Å². The molecule has 2 amide bonds. The van der Waals surface area contributed by atoms with Crippen LogP contribution in [-0.4, -0.2) is 62.1 Å². The second-order valence-corrected chi connectivity index (χ2v) is 7.41. The molecule has 138 valence electrons. The lowest BCUT2D eigenvalue weighted by Crippen LogP contribution is -2.58. The van der Waals surface area contributed by atoms with E-state index in [1.54, 1.807) is 0 Å². The summed E-state index contributed by atoms with van der Waals surface area (Å²) in [4.78, 5) is 26.7. The number of carbonyl (C=O) groups excluding carboxylic acids is 2. The Kier molecular flexibility index (Phi) is 7.49. The van der Waals surface area contributed by atoms with E-state index in [0.29, 0.717) is 26.3 Å². The summed E-state index contributed by atoms with van der Waals surface area (Å²) in [5.74, 6) is 0.0938. The Balaban J connectivity index is 1.87. The molecule has 6 heteroatoms. The summed E-state index contributed by atoms with van der Waals surface area (Å²) in [6.45, 7) is 5.16. The predicted molar refractivity (Wildman–Crippen MR) is 93.7 cm³/mol. The van der Waals surface area contributed by atoms with Gasteiger partial charge in [0.2, 0.25) is 11.8 Å². The third kappa shape index (κ3) is 5.74. The average Bonchev–Trinajstić information content (AvgIpc) is 3.09. The van der Waals surface area contributed by atoms with Crippen LogP contribution >= 0.6 is 0 Å². The number of carbonyl (C=O) groups is 2. The van der Waals surface area contributed by atoms with E-state index in [4.69, 9.17) is 4.74 Å². The normalized spacial score (nSPS) is 23.2. The van der Waals surface area contributed by atoms with Gasteiger partial charge in [-0.2, -0.15) is 0 Å². The maximum absolute atomic E-state index is 12.5. The zero-order chi connectivity index (χ0) is 17.4. The number of hydrogen-bond acceptors (Lipinski definition) is 4. The number of nitrogens with one attached hydrogen (secondary N) is 2. The predicted octanol–water partition coefficient (Wildman–Crippen LogP) is 1.30. The fourth-order valence-corrected chi connectivity index (χ4v) is 3.71. The maximum atomic E-state index is 12.5. The third-order valence-corrected chi connectivity index (χ3v) is 5.14. The quantitative estimate of drug-likeness (QED) is 0.699. The number of rotatable bonds is 8. The molecule has 0 aromatic carbocycles. The Morgan fingerprint density at radius 1 is 1.25 bits per heavy atom. The van der Waals surface area contributed by atoms with Gasteiger partial charge in [0.05, 0.1) is 24.6 Å². The summed E-state index contributed by atoms with van der Waals surface area (Å²) >= 11 is 0. The van der Waals surface area contributed by atoms with E-state index >= 15 is 0 Å². The molecule has 0 spiro atoms. The first-order valence-corrected chi connectivity index (χ1v) is 9.40. The van der Waals surface area contributed by atoms with Crippen molar-refractivity contribution in [1.29, 1.82) is 0 Å². The molecular weight excluding hydrogens is 306 g/mol. The molecule has 1 saturated heterocycles. The summed E-state index contributed by atoms with van der Waals surface area (Å²) in [5, 5.41) is 6.31. The molecular formula is C18H33N3O3. The van der Waals surface area contributed by atoms with Crippen LogP contribution in [0, 0.1) is 5.92 Å². The molecule has 0 bridgehead atoms. The molecule has 24 heavy (non-hydrogen) atoms. The maximum Gasteiger partial charge on any atom is 0.234 e. The smallest absolute Gasteiger partial charge is 0.234 e. The van der Waals surface area contributed by atoms with Crippen LogP contribution in [0.5, 0.6) is 0 Å². The highest BCUT2D eigenvalue weighted by atomic mass is 16.5. The summed E-state index contributed by atoms with van der Waals surface area (Å²) in [6.07, 6.45) is 7.13. The summed E-state index contributed by atoms with van der Waals surface area (Å²) in [7, 11) is 1.96. The number of amides is 2. The van der Waals surface area contributed by atoms with Gasteiger partial charge in [0.15, 0.2) is 0 Å². The van der Waals surface area contributed by atoms with E-state index < -0.39 is 0 Å². The zero-order valence-corrected chi connectivity index (χ0v) is 15.2. The minimum atomic E-state index is -0.281. The van der Waals surface area contributed by atoms with Gasteiger partial charge in [-0.05, 0) is 39.3 Å². The highest BCUT2D eigenvalue weighted by molar-refractivity contribution is 5.80. The van der Waals surface area contributed by atoms with Gasteiger partial charge < -0.3 is 15.4 Å². The third-order valence-electron chi connectivity index (χ3n) is 5.14. The molecule has 0 aromatic rings. The highest BCUT2D eigenvalue weighted by Crippen LogP contribution is 2.28. The van der Waals surface area contributed by atoms with E-state index in [-0.39, 0.29) is 23.3 Å². The number of hydrogen-bond donors (Lipinski definition) is 2. The summed E-state index contributed by atoms with van der Waals surface area (Å²) in [5.41, 5.74) is -0.281. The Hall–Kier alpha value is -1.14. The van der Waals surface area contributed by atoms with Crippen LogP contribution in [0.15, 0.2) is 0 Å². The first kappa shape index (κ1) is 19.2. The second kappa shape index (κ2) is 9.37. The van der Waals surface area contributed by atoms with Crippen molar-refractivity contribution in [2.45, 2.75) is 57.4 Å². The Morgan fingerprint density at radius 3 is 2.62 bits per heavy atom. The number of ether oxygens (including phenoxy) is 1. The Morgan fingerprint density at radius 2 is 2.00 bits per heavy atom. The molecule has 1 atom stereocenters. The molecule has 1 heterocycles. The molecule has 1 saturated carbocycles. The first-order valence-electron chi connectivity index (χ1n) is 9.40. The van der Waals surface area contributed by atoms with Gasteiger partial charge in [0.25, 0.3) is 0 Å². The first-order chi connectivity index (χ1) is 11.5. The van der Waals surface area contributed by atoms with E-state index in [1.807, 2.05) is 11.9 Å². The van der Waals surface area contributed by atoms with Crippen LogP contribution in [-0.2, 0) is 14.3 Å². The lowest BCUT2D eigenvalue weighted by Gasteiger charge is -2.39. The van der Waals surface area contributed by atoms with E-state index in [2.05, 4.69) is 17.6 Å². The minimum absolute atomic E-state index is 0.0322. The molecule has 2 rings (SSSR count). The van der Waals surface area contributed by atoms with Crippen molar-refractivity contribution in [3.63, 3.8) is 0 Å². The van der Waals surface area contributed by atoms with Crippen molar-refractivity contribution in [3.8, 4) is 0 Å². The minimum Gasteiger partial charge on any atom is -0.381 e. The fourth-order valence-electron chi connectivity index (χ4n) is 3.71. The SMILES string of the molecule is CCCN(C)CC(=O)NCC1(NC(=O)C2CCOC2)CCCCC1. The van der Waals surface area contributed by atoms with Crippen molar-refractivity contribution in [1.82, 2.24) is 15.5 Å². The monoisotopic (exact) mass is 339 g/mol. The van der Waals surface area contributed by atoms with E-state index in [9.17, 15) is 9.59 Å². The molecule has 1 aliphatic carbocycles. The van der Waals surface area contributed by atoms with Crippen LogP contribution in [0.4, 0.5) is 0 Å². The largest absolute Gasteiger partial charge is 0.381 e. The van der Waals surface area contributed by atoms with Crippen molar-refractivity contribution in [3.05, 3.63) is 0 Å². The van der Waals surface area contributed by atoms with Gasteiger partial charge in [-0.15, -0.1) is 0 Å². The molecule has 1 aliphatic heterocycles. The van der Waals surface area contributed by atoms with Crippen LogP contribution in [0.1, 0.15) is 51.9 Å². The van der Waals surface area contributed by atoms with Gasteiger partial charge in [-0.3, -0.25) is 14.5 Å². The molecule has 0 aromatic heterocycles. The van der Waals surface area contributed by atoms with Crippen molar-refractivity contribution in [2.75, 3.05) is 39.9 Å².